The first-order chi connectivity index (χ1) is 6.37. The van der Waals surface area contributed by atoms with Crippen LogP contribution in [-0.4, -0.2) is 14.1 Å². The molecule has 14 heavy (non-hydrogen) atoms. The topological polar surface area (TPSA) is 3.24 Å². The molecule has 0 aliphatic rings. The average molecular weight is 256 g/mol. The fourth-order valence-electron chi connectivity index (χ4n) is 1.92. The Hall–Kier alpha value is -0.500. The van der Waals surface area contributed by atoms with Crippen molar-refractivity contribution < 1.29 is 0 Å². The van der Waals surface area contributed by atoms with Gasteiger partial charge in [0, 0.05) is 24.3 Å². The molecule has 0 fully saturated rings. The third-order valence-corrected chi connectivity index (χ3v) is 4.13. The minimum Gasteiger partial charge on any atom is -0.377 e. The molecule has 0 saturated heterocycles. The maximum absolute atomic E-state index is 3.65. The maximum Gasteiger partial charge on any atom is 0.0426 e. The fraction of sp³-hybridized carbons (Fsp3) is 0.500. The Morgan fingerprint density at radius 3 is 1.43 bits per heavy atom. The SMILES string of the molecule is Cc1c(C)c(N(C)C)c(C)c(C)c1Br. The lowest BCUT2D eigenvalue weighted by Crippen LogP contribution is -2.13. The molecule has 0 saturated carbocycles. The van der Waals surface area contributed by atoms with Crippen LogP contribution in [-0.2, 0) is 0 Å². The molecular weight excluding hydrogens is 238 g/mol. The first-order valence-corrected chi connectivity index (χ1v) is 5.60. The first-order valence-electron chi connectivity index (χ1n) is 4.81. The first kappa shape index (κ1) is 11.6. The lowest BCUT2D eigenvalue weighted by Gasteiger charge is -2.23. The van der Waals surface area contributed by atoms with Gasteiger partial charge in [0.1, 0.15) is 0 Å². The lowest BCUT2D eigenvalue weighted by molar-refractivity contribution is 1.07. The summed E-state index contributed by atoms with van der Waals surface area (Å²) in [6, 6.07) is 0. The summed E-state index contributed by atoms with van der Waals surface area (Å²) in [5.41, 5.74) is 6.77. The minimum absolute atomic E-state index is 1.25. The second-order valence-electron chi connectivity index (χ2n) is 4.06. The molecule has 0 aromatic heterocycles. The molecule has 1 rings (SSSR count). The Balaban J connectivity index is 3.60. The fourth-order valence-corrected chi connectivity index (χ4v) is 2.51. The molecule has 0 aliphatic heterocycles. The highest BCUT2D eigenvalue weighted by Gasteiger charge is 2.13. The monoisotopic (exact) mass is 255 g/mol. The molecule has 0 N–H and O–H groups in total. The summed E-state index contributed by atoms with van der Waals surface area (Å²) < 4.78 is 1.25. The van der Waals surface area contributed by atoms with Gasteiger partial charge in [0.15, 0.2) is 0 Å². The normalized spacial score (nSPS) is 10.5. The van der Waals surface area contributed by atoms with Gasteiger partial charge in [0.25, 0.3) is 0 Å². The van der Waals surface area contributed by atoms with E-state index in [0.717, 1.165) is 0 Å². The summed E-state index contributed by atoms with van der Waals surface area (Å²) in [4.78, 5) is 2.19. The molecule has 0 heterocycles. The molecule has 1 aromatic carbocycles. The van der Waals surface area contributed by atoms with Crippen LogP contribution in [0.1, 0.15) is 22.3 Å². The van der Waals surface area contributed by atoms with Gasteiger partial charge in [0.05, 0.1) is 0 Å². The van der Waals surface area contributed by atoms with Gasteiger partial charge in [-0.3, -0.25) is 0 Å². The van der Waals surface area contributed by atoms with Crippen LogP contribution in [0, 0.1) is 27.7 Å². The highest BCUT2D eigenvalue weighted by molar-refractivity contribution is 9.10. The number of rotatable bonds is 1. The predicted octanol–water partition coefficient (Wildman–Crippen LogP) is 3.75. The quantitative estimate of drug-likeness (QED) is 0.739. The Labute approximate surface area is 95.2 Å². The van der Waals surface area contributed by atoms with Crippen LogP contribution in [0.5, 0.6) is 0 Å². The van der Waals surface area contributed by atoms with E-state index in [0.29, 0.717) is 0 Å². The standard InChI is InChI=1S/C12H18BrN/c1-7-9(3)12(14(5)6)10(4)8(2)11(7)13/h1-6H3. The second kappa shape index (κ2) is 3.93. The van der Waals surface area contributed by atoms with Crippen molar-refractivity contribution in [3.63, 3.8) is 0 Å². The molecule has 0 atom stereocenters. The smallest absolute Gasteiger partial charge is 0.0426 e. The van der Waals surface area contributed by atoms with Gasteiger partial charge in [-0.1, -0.05) is 15.9 Å². The largest absolute Gasteiger partial charge is 0.377 e. The minimum atomic E-state index is 1.25. The van der Waals surface area contributed by atoms with Crippen LogP contribution < -0.4 is 4.90 Å². The van der Waals surface area contributed by atoms with E-state index in [1.807, 2.05) is 0 Å². The summed E-state index contributed by atoms with van der Waals surface area (Å²) in [5.74, 6) is 0. The van der Waals surface area contributed by atoms with Crippen molar-refractivity contribution in [2.45, 2.75) is 27.7 Å². The molecule has 0 spiro atoms. The van der Waals surface area contributed by atoms with Crippen molar-refractivity contribution in [3.8, 4) is 0 Å². The van der Waals surface area contributed by atoms with Crippen LogP contribution in [0.15, 0.2) is 4.47 Å². The molecule has 0 aliphatic carbocycles. The van der Waals surface area contributed by atoms with Crippen LogP contribution in [0.3, 0.4) is 0 Å². The Bertz CT molecular complexity index is 338. The molecule has 1 aromatic rings. The highest BCUT2D eigenvalue weighted by atomic mass is 79.9. The van der Waals surface area contributed by atoms with E-state index >= 15 is 0 Å². The molecule has 2 heteroatoms. The van der Waals surface area contributed by atoms with Gasteiger partial charge in [-0.2, -0.15) is 0 Å². The summed E-state index contributed by atoms with van der Waals surface area (Å²) >= 11 is 3.65. The summed E-state index contributed by atoms with van der Waals surface area (Å²) in [6.07, 6.45) is 0. The van der Waals surface area contributed by atoms with Crippen LogP contribution in [0.25, 0.3) is 0 Å². The van der Waals surface area contributed by atoms with Crippen LogP contribution in [0.2, 0.25) is 0 Å². The number of hydrogen-bond acceptors (Lipinski definition) is 1. The number of halogens is 1. The number of benzene rings is 1. The number of hydrogen-bond donors (Lipinski definition) is 0. The third-order valence-electron chi connectivity index (χ3n) is 2.94. The van der Waals surface area contributed by atoms with Gasteiger partial charge in [-0.05, 0) is 49.9 Å². The van der Waals surface area contributed by atoms with E-state index in [9.17, 15) is 0 Å². The van der Waals surface area contributed by atoms with Gasteiger partial charge in [-0.25, -0.2) is 0 Å². The van der Waals surface area contributed by atoms with Gasteiger partial charge in [0.2, 0.25) is 0 Å². The van der Waals surface area contributed by atoms with Crippen LogP contribution in [0.4, 0.5) is 5.69 Å². The molecule has 78 valence electrons. The van der Waals surface area contributed by atoms with Crippen molar-refractivity contribution in [2.24, 2.45) is 0 Å². The van der Waals surface area contributed by atoms with Crippen molar-refractivity contribution in [3.05, 3.63) is 26.7 Å². The van der Waals surface area contributed by atoms with Gasteiger partial charge >= 0.3 is 0 Å². The third kappa shape index (κ3) is 1.68. The number of nitrogens with zero attached hydrogens (tertiary/aromatic N) is 1. The number of anilines is 1. The lowest BCUT2D eigenvalue weighted by atomic mass is 9.98. The van der Waals surface area contributed by atoms with Gasteiger partial charge in [-0.15, -0.1) is 0 Å². The Kier molecular flexibility index (Phi) is 3.25. The molecular formula is C12H18BrN. The van der Waals surface area contributed by atoms with Crippen molar-refractivity contribution in [1.29, 1.82) is 0 Å². The summed E-state index contributed by atoms with van der Waals surface area (Å²) in [6.45, 7) is 8.70. The molecule has 1 nitrogen and oxygen atoms in total. The van der Waals surface area contributed by atoms with Gasteiger partial charge < -0.3 is 4.90 Å². The molecule has 0 unspecified atom stereocenters. The highest BCUT2D eigenvalue weighted by Crippen LogP contribution is 2.34. The average Bonchev–Trinajstić information content (AvgIpc) is 2.11. The molecule has 0 radical (unpaired) electrons. The van der Waals surface area contributed by atoms with E-state index < -0.39 is 0 Å². The second-order valence-corrected chi connectivity index (χ2v) is 4.85. The van der Waals surface area contributed by atoms with Crippen molar-refractivity contribution in [1.82, 2.24) is 0 Å². The van der Waals surface area contributed by atoms with E-state index in [-0.39, 0.29) is 0 Å². The zero-order valence-corrected chi connectivity index (χ0v) is 11.4. The van der Waals surface area contributed by atoms with E-state index in [1.54, 1.807) is 0 Å². The summed E-state index contributed by atoms with van der Waals surface area (Å²) in [7, 11) is 4.20. The predicted molar refractivity (Wildman–Crippen MR) is 67.4 cm³/mol. The zero-order chi connectivity index (χ0) is 11.0. The van der Waals surface area contributed by atoms with Crippen molar-refractivity contribution >= 4 is 21.6 Å². The van der Waals surface area contributed by atoms with Crippen molar-refractivity contribution in [2.75, 3.05) is 19.0 Å². The Morgan fingerprint density at radius 1 is 0.786 bits per heavy atom. The molecule has 0 amide bonds. The van der Waals surface area contributed by atoms with E-state index in [4.69, 9.17) is 0 Å². The Morgan fingerprint density at radius 2 is 1.14 bits per heavy atom. The maximum atomic E-state index is 3.65. The molecule has 0 bridgehead atoms. The zero-order valence-electron chi connectivity index (χ0n) is 9.83. The van der Waals surface area contributed by atoms with E-state index in [2.05, 4.69) is 62.6 Å². The summed E-state index contributed by atoms with van der Waals surface area (Å²) in [5, 5.41) is 0. The van der Waals surface area contributed by atoms with E-state index in [1.165, 1.54) is 32.4 Å². The van der Waals surface area contributed by atoms with Crippen LogP contribution >= 0.6 is 15.9 Å².